The highest BCUT2D eigenvalue weighted by Gasteiger charge is 2.14. The highest BCUT2D eigenvalue weighted by molar-refractivity contribution is 14.0. The molecule has 2 aromatic rings. The van der Waals surface area contributed by atoms with Crippen LogP contribution in [0.25, 0.3) is 0 Å². The van der Waals surface area contributed by atoms with Gasteiger partial charge in [-0.1, -0.05) is 30.2 Å². The van der Waals surface area contributed by atoms with Gasteiger partial charge in [0.05, 0.1) is 6.54 Å². The summed E-state index contributed by atoms with van der Waals surface area (Å²) in [6, 6.07) is 7.78. The second-order valence-corrected chi connectivity index (χ2v) is 6.34. The van der Waals surface area contributed by atoms with E-state index in [1.54, 1.807) is 7.05 Å². The summed E-state index contributed by atoms with van der Waals surface area (Å²) < 4.78 is 2.24. The van der Waals surface area contributed by atoms with Gasteiger partial charge in [-0.05, 0) is 30.5 Å². The molecule has 0 spiro atoms. The van der Waals surface area contributed by atoms with Crippen molar-refractivity contribution in [2.45, 2.75) is 45.3 Å². The van der Waals surface area contributed by atoms with Crippen LogP contribution >= 0.6 is 35.6 Å². The number of hydrogen-bond donors (Lipinski definition) is 2. The minimum atomic E-state index is 0. The van der Waals surface area contributed by atoms with Crippen LogP contribution in [0.3, 0.4) is 0 Å². The molecule has 0 saturated carbocycles. The first kappa shape index (κ1) is 20.0. The number of halogens is 2. The van der Waals surface area contributed by atoms with E-state index < -0.39 is 0 Å². The molecule has 1 aliphatic rings. The second-order valence-electron chi connectivity index (χ2n) is 5.90. The highest BCUT2D eigenvalue weighted by atomic mass is 127. The summed E-state index contributed by atoms with van der Waals surface area (Å²) in [6.07, 6.45) is 4.69. The number of hydrogen-bond acceptors (Lipinski definition) is 3. The first-order valence-corrected chi connectivity index (χ1v) is 8.74. The standard InChI is InChI=1S/C17H23ClN6.HI/c1-19-17(20-11-13-6-8-14(18)9-7-13)21-12-16-23-22-15-5-3-2-4-10-24(15)16;/h6-9H,2-5,10-12H2,1H3,(H2,19,20,21);1H. The molecule has 1 aliphatic heterocycles. The molecule has 25 heavy (non-hydrogen) atoms. The van der Waals surface area contributed by atoms with Crippen LogP contribution in [0.4, 0.5) is 0 Å². The Kier molecular flexibility index (Phi) is 7.95. The van der Waals surface area contributed by atoms with Crippen molar-refractivity contribution in [2.24, 2.45) is 4.99 Å². The molecule has 0 bridgehead atoms. The zero-order valence-electron chi connectivity index (χ0n) is 14.3. The number of nitrogens with one attached hydrogen (secondary N) is 2. The molecule has 0 saturated heterocycles. The molecule has 3 rings (SSSR count). The molecular weight excluding hydrogens is 451 g/mol. The van der Waals surface area contributed by atoms with Crippen LogP contribution in [0.5, 0.6) is 0 Å². The maximum absolute atomic E-state index is 5.91. The van der Waals surface area contributed by atoms with Gasteiger partial charge in [-0.3, -0.25) is 4.99 Å². The van der Waals surface area contributed by atoms with E-state index in [4.69, 9.17) is 11.6 Å². The predicted octanol–water partition coefficient (Wildman–Crippen LogP) is 3.14. The zero-order valence-corrected chi connectivity index (χ0v) is 17.4. The molecule has 136 valence electrons. The van der Waals surface area contributed by atoms with Gasteiger partial charge in [0.1, 0.15) is 5.82 Å². The molecule has 0 unspecified atom stereocenters. The van der Waals surface area contributed by atoms with Crippen molar-refractivity contribution in [3.8, 4) is 0 Å². The van der Waals surface area contributed by atoms with E-state index in [1.807, 2.05) is 24.3 Å². The highest BCUT2D eigenvalue weighted by Crippen LogP contribution is 2.14. The van der Waals surface area contributed by atoms with Gasteiger partial charge in [-0.2, -0.15) is 0 Å². The van der Waals surface area contributed by atoms with Crippen molar-refractivity contribution < 1.29 is 0 Å². The van der Waals surface area contributed by atoms with Crippen molar-refractivity contribution >= 4 is 41.5 Å². The number of fused-ring (bicyclic) bond motifs is 1. The lowest BCUT2D eigenvalue weighted by atomic mass is 10.2. The molecule has 1 aromatic heterocycles. The van der Waals surface area contributed by atoms with E-state index in [1.165, 1.54) is 19.3 Å². The largest absolute Gasteiger partial charge is 0.352 e. The summed E-state index contributed by atoms with van der Waals surface area (Å²) in [5, 5.41) is 16.0. The third kappa shape index (κ3) is 5.57. The fourth-order valence-corrected chi connectivity index (χ4v) is 2.97. The molecule has 1 aromatic carbocycles. The van der Waals surface area contributed by atoms with E-state index in [2.05, 4.69) is 30.4 Å². The Bertz CT molecular complexity index is 698. The number of aromatic nitrogens is 3. The van der Waals surface area contributed by atoms with Crippen LogP contribution in [0.15, 0.2) is 29.3 Å². The van der Waals surface area contributed by atoms with Gasteiger partial charge in [0, 0.05) is 31.6 Å². The number of guanidine groups is 1. The lowest BCUT2D eigenvalue weighted by Crippen LogP contribution is -2.37. The van der Waals surface area contributed by atoms with Crippen molar-refractivity contribution in [3.63, 3.8) is 0 Å². The van der Waals surface area contributed by atoms with Crippen molar-refractivity contribution in [1.82, 2.24) is 25.4 Å². The Balaban J connectivity index is 0.00000225. The van der Waals surface area contributed by atoms with Gasteiger partial charge in [-0.15, -0.1) is 34.2 Å². The smallest absolute Gasteiger partial charge is 0.191 e. The average molecular weight is 475 g/mol. The monoisotopic (exact) mass is 474 g/mol. The number of aryl methyl sites for hydroxylation is 1. The Hall–Kier alpha value is -1.35. The molecule has 0 amide bonds. The molecule has 0 radical (unpaired) electrons. The maximum atomic E-state index is 5.91. The summed E-state index contributed by atoms with van der Waals surface area (Å²) in [4.78, 5) is 4.26. The van der Waals surface area contributed by atoms with Crippen LogP contribution in [-0.4, -0.2) is 27.8 Å². The van der Waals surface area contributed by atoms with E-state index in [0.717, 1.165) is 41.2 Å². The number of benzene rings is 1. The first-order valence-electron chi connectivity index (χ1n) is 8.36. The predicted molar refractivity (Wildman–Crippen MR) is 111 cm³/mol. The minimum Gasteiger partial charge on any atom is -0.352 e. The third-order valence-electron chi connectivity index (χ3n) is 4.20. The summed E-state index contributed by atoms with van der Waals surface area (Å²) in [6.45, 7) is 2.32. The summed E-state index contributed by atoms with van der Waals surface area (Å²) in [5.74, 6) is 2.82. The van der Waals surface area contributed by atoms with E-state index >= 15 is 0 Å². The first-order chi connectivity index (χ1) is 11.8. The number of nitrogens with zero attached hydrogens (tertiary/aromatic N) is 4. The van der Waals surface area contributed by atoms with Gasteiger partial charge in [0.2, 0.25) is 0 Å². The molecular formula is C17H24ClIN6. The van der Waals surface area contributed by atoms with Gasteiger partial charge in [0.25, 0.3) is 0 Å². The average Bonchev–Trinajstić information content (AvgIpc) is 2.83. The SMILES string of the molecule is CN=C(NCc1ccc(Cl)cc1)NCc1nnc2n1CCCCC2.I. The fourth-order valence-electron chi connectivity index (χ4n) is 2.85. The maximum Gasteiger partial charge on any atom is 0.191 e. The normalized spacial score (nSPS) is 14.2. The molecule has 6 nitrogen and oxygen atoms in total. The van der Waals surface area contributed by atoms with Crippen LogP contribution in [0, 0.1) is 0 Å². The van der Waals surface area contributed by atoms with Crippen LogP contribution in [-0.2, 0) is 26.1 Å². The molecule has 0 atom stereocenters. The topological polar surface area (TPSA) is 67.1 Å². The lowest BCUT2D eigenvalue weighted by molar-refractivity contribution is 0.596. The molecule has 0 aliphatic carbocycles. The summed E-state index contributed by atoms with van der Waals surface area (Å²) in [7, 11) is 1.77. The number of aliphatic imine (C=N–C) groups is 1. The van der Waals surface area contributed by atoms with Crippen molar-refractivity contribution in [2.75, 3.05) is 7.05 Å². The van der Waals surface area contributed by atoms with Crippen LogP contribution in [0.1, 0.15) is 36.5 Å². The fraction of sp³-hybridized carbons (Fsp3) is 0.471. The van der Waals surface area contributed by atoms with Crippen molar-refractivity contribution in [1.29, 1.82) is 0 Å². The molecule has 2 N–H and O–H groups in total. The Morgan fingerprint density at radius 3 is 2.64 bits per heavy atom. The van der Waals surface area contributed by atoms with E-state index in [-0.39, 0.29) is 24.0 Å². The summed E-state index contributed by atoms with van der Waals surface area (Å²) in [5.41, 5.74) is 1.15. The zero-order chi connectivity index (χ0) is 16.8. The Morgan fingerprint density at radius 2 is 1.88 bits per heavy atom. The van der Waals surface area contributed by atoms with Gasteiger partial charge in [-0.25, -0.2) is 0 Å². The molecule has 2 heterocycles. The van der Waals surface area contributed by atoms with E-state index in [0.29, 0.717) is 13.1 Å². The van der Waals surface area contributed by atoms with Crippen molar-refractivity contribution in [3.05, 3.63) is 46.5 Å². The molecule has 0 fully saturated rings. The number of rotatable bonds is 4. The Morgan fingerprint density at radius 1 is 1.12 bits per heavy atom. The van der Waals surface area contributed by atoms with E-state index in [9.17, 15) is 0 Å². The Labute approximate surface area is 170 Å². The molecule has 8 heteroatoms. The lowest BCUT2D eigenvalue weighted by Gasteiger charge is -2.12. The van der Waals surface area contributed by atoms with Gasteiger partial charge >= 0.3 is 0 Å². The quantitative estimate of drug-likeness (QED) is 0.406. The minimum absolute atomic E-state index is 0. The van der Waals surface area contributed by atoms with Crippen LogP contribution < -0.4 is 10.6 Å². The third-order valence-corrected chi connectivity index (χ3v) is 4.45. The van der Waals surface area contributed by atoms with Gasteiger partial charge in [0.15, 0.2) is 11.8 Å². The van der Waals surface area contributed by atoms with Crippen LogP contribution in [0.2, 0.25) is 5.02 Å². The second kappa shape index (κ2) is 9.96. The summed E-state index contributed by atoms with van der Waals surface area (Å²) >= 11 is 5.91. The van der Waals surface area contributed by atoms with Gasteiger partial charge < -0.3 is 15.2 Å².